The number of non-ortho nitro benzene ring substituents is 1. The van der Waals surface area contributed by atoms with Crippen molar-refractivity contribution in [3.05, 3.63) is 73.6 Å². The molecule has 1 aliphatic heterocycles. The van der Waals surface area contributed by atoms with Crippen LogP contribution in [0.4, 0.5) is 5.69 Å². The van der Waals surface area contributed by atoms with Crippen LogP contribution in [0.15, 0.2) is 56.7 Å². The number of hydrogen-bond acceptors (Lipinski definition) is 6. The molecule has 1 aliphatic rings. The predicted molar refractivity (Wildman–Crippen MR) is 108 cm³/mol. The van der Waals surface area contributed by atoms with Gasteiger partial charge in [-0.25, -0.2) is 0 Å². The van der Waals surface area contributed by atoms with E-state index in [1.807, 2.05) is 6.92 Å². The molecule has 3 rings (SSSR count). The van der Waals surface area contributed by atoms with Gasteiger partial charge in [-0.1, -0.05) is 29.3 Å². The lowest BCUT2D eigenvalue weighted by molar-refractivity contribution is -0.384. The molecule has 0 bridgehead atoms. The first-order valence-electron chi connectivity index (χ1n) is 7.72. The van der Waals surface area contributed by atoms with E-state index < -0.39 is 20.9 Å². The van der Waals surface area contributed by atoms with Crippen LogP contribution in [0, 0.1) is 17.0 Å². The van der Waals surface area contributed by atoms with E-state index in [0.717, 1.165) is 17.3 Å². The Kier molecular flexibility index (Phi) is 5.54. The summed E-state index contributed by atoms with van der Waals surface area (Å²) >= 11 is 6.83. The van der Waals surface area contributed by atoms with Crippen molar-refractivity contribution < 1.29 is 18.1 Å². The maximum absolute atomic E-state index is 12.4. The number of amidine groups is 1. The molecule has 1 saturated heterocycles. The number of hydrogen-bond donors (Lipinski definition) is 1. The highest BCUT2D eigenvalue weighted by Crippen LogP contribution is 2.31. The van der Waals surface area contributed by atoms with E-state index in [1.165, 1.54) is 36.4 Å². The molecule has 0 unspecified atom stereocenters. The Labute approximate surface area is 169 Å². The Bertz CT molecular complexity index is 1140. The first kappa shape index (κ1) is 20.1. The van der Waals surface area contributed by atoms with Crippen molar-refractivity contribution >= 4 is 56.2 Å². The second kappa shape index (κ2) is 7.74. The van der Waals surface area contributed by atoms with Gasteiger partial charge in [0.1, 0.15) is 0 Å². The highest BCUT2D eigenvalue weighted by atomic mass is 35.5. The number of thioether (sulfide) groups is 1. The fourth-order valence-electron chi connectivity index (χ4n) is 2.24. The number of sulfonamides is 1. The van der Waals surface area contributed by atoms with Crippen LogP contribution in [-0.4, -0.2) is 24.4 Å². The summed E-state index contributed by atoms with van der Waals surface area (Å²) < 4.78 is 28.4. The monoisotopic (exact) mass is 437 g/mol. The minimum atomic E-state index is -4.00. The zero-order valence-corrected chi connectivity index (χ0v) is 16.6. The number of nitro benzene ring substituents is 1. The van der Waals surface area contributed by atoms with Gasteiger partial charge in [-0.2, -0.15) is 8.42 Å². The molecule has 1 N–H and O–H groups in total. The maximum Gasteiger partial charge on any atom is 0.284 e. The van der Waals surface area contributed by atoms with Gasteiger partial charge >= 0.3 is 0 Å². The zero-order valence-electron chi connectivity index (χ0n) is 14.2. The lowest BCUT2D eigenvalue weighted by atomic mass is 10.2. The molecule has 1 amide bonds. The molecule has 28 heavy (non-hydrogen) atoms. The molecule has 2 aromatic rings. The number of nitrogens with zero attached hydrogens (tertiary/aromatic N) is 2. The van der Waals surface area contributed by atoms with E-state index in [2.05, 4.69) is 9.71 Å². The van der Waals surface area contributed by atoms with E-state index in [4.69, 9.17) is 11.6 Å². The number of nitrogens with one attached hydrogen (secondary N) is 1. The van der Waals surface area contributed by atoms with Crippen LogP contribution in [0.25, 0.3) is 6.08 Å². The highest BCUT2D eigenvalue weighted by molar-refractivity contribution is 8.19. The quantitative estimate of drug-likeness (QED) is 0.444. The van der Waals surface area contributed by atoms with Crippen LogP contribution >= 0.6 is 23.4 Å². The Morgan fingerprint density at radius 1 is 1.21 bits per heavy atom. The number of carbonyl (C=O) groups excluding carboxylic acids is 1. The summed E-state index contributed by atoms with van der Waals surface area (Å²) in [5.74, 6) is -0.578. The molecule has 8 nitrogen and oxygen atoms in total. The van der Waals surface area contributed by atoms with Crippen molar-refractivity contribution in [3.63, 3.8) is 0 Å². The number of carbonyl (C=O) groups is 1. The van der Waals surface area contributed by atoms with Crippen molar-refractivity contribution in [1.82, 2.24) is 5.32 Å². The summed E-state index contributed by atoms with van der Waals surface area (Å²) in [6.07, 6.45) is 1.34. The van der Waals surface area contributed by atoms with Gasteiger partial charge in [0.05, 0.1) is 14.7 Å². The third-order valence-electron chi connectivity index (χ3n) is 3.65. The third-order valence-corrected chi connectivity index (χ3v) is 6.31. The summed E-state index contributed by atoms with van der Waals surface area (Å²) in [6, 6.07) is 9.95. The molecule has 11 heteroatoms. The van der Waals surface area contributed by atoms with Crippen molar-refractivity contribution in [2.75, 3.05) is 0 Å². The van der Waals surface area contributed by atoms with Gasteiger partial charge in [-0.3, -0.25) is 20.2 Å². The molecule has 1 fully saturated rings. The number of rotatable bonds is 4. The van der Waals surface area contributed by atoms with Gasteiger partial charge in [0.25, 0.3) is 21.6 Å². The second-order valence-corrected chi connectivity index (χ2v) is 8.75. The standard InChI is InChI=1S/C17H12ClN3O5S2/c1-10-2-5-13(6-3-10)28(25,26)20-17-19-16(22)15(27-17)9-11-8-12(21(23)24)4-7-14(11)18/h2-9H,1H3,(H,19,20,22)/b15-9-. The average molecular weight is 438 g/mol. The van der Waals surface area contributed by atoms with Gasteiger partial charge < -0.3 is 0 Å². The Hall–Kier alpha value is -2.69. The summed E-state index contributed by atoms with van der Waals surface area (Å²) in [6.45, 7) is 1.82. The number of halogens is 1. The third kappa shape index (κ3) is 4.41. The Morgan fingerprint density at radius 2 is 1.89 bits per heavy atom. The molecule has 0 saturated carbocycles. The molecule has 0 spiro atoms. The molecule has 144 valence electrons. The van der Waals surface area contributed by atoms with E-state index in [0.29, 0.717) is 0 Å². The number of aryl methyl sites for hydroxylation is 1. The van der Waals surface area contributed by atoms with E-state index in [9.17, 15) is 23.3 Å². The SMILES string of the molecule is Cc1ccc(S(=O)(=O)N=C2NC(=O)/C(=C/c3cc([N+](=O)[O-])ccc3Cl)S2)cc1. The largest absolute Gasteiger partial charge is 0.300 e. The smallest absolute Gasteiger partial charge is 0.284 e. The molecule has 0 aliphatic carbocycles. The molecule has 0 radical (unpaired) electrons. The first-order chi connectivity index (χ1) is 13.2. The van der Waals surface area contributed by atoms with Crippen molar-refractivity contribution in [1.29, 1.82) is 0 Å². The molecular formula is C17H12ClN3O5S2. The van der Waals surface area contributed by atoms with Crippen LogP contribution in [-0.2, 0) is 14.8 Å². The van der Waals surface area contributed by atoms with E-state index >= 15 is 0 Å². The van der Waals surface area contributed by atoms with Gasteiger partial charge in [-0.05, 0) is 43.0 Å². The Balaban J connectivity index is 1.90. The minimum absolute atomic E-state index is 0.000364. The second-order valence-electron chi connectivity index (χ2n) is 5.71. The van der Waals surface area contributed by atoms with Crippen LogP contribution in [0.2, 0.25) is 5.02 Å². The van der Waals surface area contributed by atoms with Gasteiger partial charge in [0.15, 0.2) is 5.17 Å². The topological polar surface area (TPSA) is 119 Å². The van der Waals surface area contributed by atoms with E-state index in [1.54, 1.807) is 12.1 Å². The Morgan fingerprint density at radius 3 is 2.54 bits per heavy atom. The lowest BCUT2D eigenvalue weighted by Crippen LogP contribution is -2.20. The van der Waals surface area contributed by atoms with Crippen LogP contribution in [0.5, 0.6) is 0 Å². The average Bonchev–Trinajstić information content (AvgIpc) is 2.95. The highest BCUT2D eigenvalue weighted by Gasteiger charge is 2.27. The summed E-state index contributed by atoms with van der Waals surface area (Å²) in [7, 11) is -4.00. The van der Waals surface area contributed by atoms with Gasteiger partial charge in [0.2, 0.25) is 0 Å². The summed E-state index contributed by atoms with van der Waals surface area (Å²) in [5, 5.41) is 13.4. The molecule has 0 atom stereocenters. The van der Waals surface area contributed by atoms with Crippen molar-refractivity contribution in [3.8, 4) is 0 Å². The first-order valence-corrected chi connectivity index (χ1v) is 10.4. The fourth-order valence-corrected chi connectivity index (χ4v) is 4.39. The zero-order chi connectivity index (χ0) is 20.5. The summed E-state index contributed by atoms with van der Waals surface area (Å²) in [4.78, 5) is 22.6. The van der Waals surface area contributed by atoms with E-state index in [-0.39, 0.29) is 31.2 Å². The molecule has 1 heterocycles. The van der Waals surface area contributed by atoms with Crippen molar-refractivity contribution in [2.24, 2.45) is 4.40 Å². The summed E-state index contributed by atoms with van der Waals surface area (Å²) in [5.41, 5.74) is 0.973. The number of benzene rings is 2. The van der Waals surface area contributed by atoms with Crippen LogP contribution < -0.4 is 5.32 Å². The normalized spacial score (nSPS) is 17.1. The fraction of sp³-hybridized carbons (Fsp3) is 0.0588. The molecule has 0 aromatic heterocycles. The molecular weight excluding hydrogens is 426 g/mol. The number of amides is 1. The van der Waals surface area contributed by atoms with Gasteiger partial charge in [0, 0.05) is 22.7 Å². The number of nitro groups is 1. The van der Waals surface area contributed by atoms with Crippen LogP contribution in [0.1, 0.15) is 11.1 Å². The lowest BCUT2D eigenvalue weighted by Gasteiger charge is -2.00. The maximum atomic E-state index is 12.4. The predicted octanol–water partition coefficient (Wildman–Crippen LogP) is 3.51. The van der Waals surface area contributed by atoms with Crippen LogP contribution in [0.3, 0.4) is 0 Å². The van der Waals surface area contributed by atoms with Gasteiger partial charge in [-0.15, -0.1) is 4.40 Å². The van der Waals surface area contributed by atoms with Crippen molar-refractivity contribution in [2.45, 2.75) is 11.8 Å². The molecule has 2 aromatic carbocycles. The minimum Gasteiger partial charge on any atom is -0.300 e.